The quantitative estimate of drug-likeness (QED) is 0.719. The van der Waals surface area contributed by atoms with Crippen LogP contribution in [0.15, 0.2) is 42.5 Å². The molecule has 0 bridgehead atoms. The topological polar surface area (TPSA) is 102 Å². The first-order valence-corrected chi connectivity index (χ1v) is 8.10. The van der Waals surface area contributed by atoms with Crippen molar-refractivity contribution in [3.05, 3.63) is 53.8 Å². The summed E-state index contributed by atoms with van der Waals surface area (Å²) in [4.78, 5) is 23.4. The van der Waals surface area contributed by atoms with E-state index in [-0.39, 0.29) is 24.2 Å². The lowest BCUT2D eigenvalue weighted by Crippen LogP contribution is -2.17. The lowest BCUT2D eigenvalue weighted by molar-refractivity contribution is -0.116. The first-order valence-electron chi connectivity index (χ1n) is 8.10. The van der Waals surface area contributed by atoms with E-state index in [9.17, 15) is 14.0 Å². The van der Waals surface area contributed by atoms with Gasteiger partial charge in [-0.3, -0.25) is 14.9 Å². The van der Waals surface area contributed by atoms with Crippen molar-refractivity contribution in [3.8, 4) is 11.1 Å². The number of hydrogen-bond donors (Lipinski definition) is 2. The van der Waals surface area contributed by atoms with Crippen LogP contribution in [0, 0.1) is 5.82 Å². The first kappa shape index (κ1) is 18.2. The van der Waals surface area contributed by atoms with Crippen LogP contribution in [-0.2, 0) is 23.1 Å². The maximum atomic E-state index is 14.1. The van der Waals surface area contributed by atoms with Gasteiger partial charge in [-0.2, -0.15) is 0 Å². The van der Waals surface area contributed by atoms with Crippen LogP contribution in [0.5, 0.6) is 0 Å². The molecule has 9 heteroatoms. The van der Waals surface area contributed by atoms with E-state index in [1.165, 1.54) is 23.7 Å². The molecule has 2 amide bonds. The summed E-state index contributed by atoms with van der Waals surface area (Å²) < 4.78 is 15.4. The number of carbonyl (C=O) groups is 2. The van der Waals surface area contributed by atoms with Gasteiger partial charge in [0.25, 0.3) is 0 Å². The third kappa shape index (κ3) is 4.72. The fourth-order valence-corrected chi connectivity index (χ4v) is 2.59. The average Bonchev–Trinajstić information content (AvgIpc) is 2.98. The second kappa shape index (κ2) is 7.73. The Morgan fingerprint density at radius 1 is 1.11 bits per heavy atom. The van der Waals surface area contributed by atoms with Gasteiger partial charge in [-0.25, -0.2) is 9.07 Å². The minimum Gasteiger partial charge on any atom is -0.326 e. The zero-order chi connectivity index (χ0) is 19.4. The number of amides is 2. The third-order valence-electron chi connectivity index (χ3n) is 3.71. The minimum atomic E-state index is -0.458. The number of tetrazole rings is 1. The van der Waals surface area contributed by atoms with E-state index < -0.39 is 5.82 Å². The van der Waals surface area contributed by atoms with Crippen molar-refractivity contribution in [2.45, 2.75) is 13.3 Å². The molecule has 0 aliphatic carbocycles. The van der Waals surface area contributed by atoms with Crippen molar-refractivity contribution in [3.63, 3.8) is 0 Å². The van der Waals surface area contributed by atoms with Gasteiger partial charge >= 0.3 is 0 Å². The van der Waals surface area contributed by atoms with Crippen molar-refractivity contribution in [1.29, 1.82) is 0 Å². The van der Waals surface area contributed by atoms with Crippen LogP contribution in [0.4, 0.5) is 16.0 Å². The Morgan fingerprint density at radius 2 is 1.93 bits per heavy atom. The number of nitrogens with one attached hydrogen (secondary N) is 2. The zero-order valence-corrected chi connectivity index (χ0v) is 14.7. The number of halogens is 1. The summed E-state index contributed by atoms with van der Waals surface area (Å²) in [6.45, 7) is 1.41. The molecule has 0 saturated carbocycles. The second-order valence-electron chi connectivity index (χ2n) is 5.96. The second-order valence-corrected chi connectivity index (χ2v) is 5.96. The van der Waals surface area contributed by atoms with E-state index in [0.717, 1.165) is 5.56 Å². The highest BCUT2D eigenvalue weighted by Gasteiger charge is 2.11. The average molecular weight is 368 g/mol. The molecule has 2 aromatic carbocycles. The molecule has 0 unspecified atom stereocenters. The monoisotopic (exact) mass is 368 g/mol. The number of hydrogen-bond acceptors (Lipinski definition) is 5. The fourth-order valence-electron chi connectivity index (χ4n) is 2.59. The smallest absolute Gasteiger partial charge is 0.249 e. The molecule has 27 heavy (non-hydrogen) atoms. The van der Waals surface area contributed by atoms with Gasteiger partial charge in [-0.1, -0.05) is 23.3 Å². The number of carbonyl (C=O) groups excluding carboxylic acids is 2. The molecular weight excluding hydrogens is 351 g/mol. The first-order chi connectivity index (χ1) is 12.9. The van der Waals surface area contributed by atoms with Crippen molar-refractivity contribution < 1.29 is 14.0 Å². The number of rotatable bonds is 5. The van der Waals surface area contributed by atoms with Crippen molar-refractivity contribution >= 4 is 23.5 Å². The van der Waals surface area contributed by atoms with Crippen molar-refractivity contribution in [1.82, 2.24) is 20.2 Å². The van der Waals surface area contributed by atoms with Crippen LogP contribution < -0.4 is 10.6 Å². The Kier molecular flexibility index (Phi) is 5.20. The molecule has 1 heterocycles. The zero-order valence-electron chi connectivity index (χ0n) is 14.7. The van der Waals surface area contributed by atoms with E-state index >= 15 is 0 Å². The molecule has 138 valence electrons. The van der Waals surface area contributed by atoms with Gasteiger partial charge in [0.15, 0.2) is 0 Å². The van der Waals surface area contributed by atoms with Gasteiger partial charge < -0.3 is 5.32 Å². The van der Waals surface area contributed by atoms with E-state index in [0.29, 0.717) is 16.8 Å². The SMILES string of the molecule is CC(=O)Nc1cccc(-c2cc(F)cc(CC(=O)Nc3nnnn3C)c2)c1. The Balaban J connectivity index is 1.81. The van der Waals surface area contributed by atoms with Crippen LogP contribution in [0.2, 0.25) is 0 Å². The molecule has 0 aliphatic rings. The van der Waals surface area contributed by atoms with E-state index in [1.54, 1.807) is 37.4 Å². The summed E-state index contributed by atoms with van der Waals surface area (Å²) in [5.74, 6) is -0.807. The molecule has 3 aromatic rings. The Morgan fingerprint density at radius 3 is 2.63 bits per heavy atom. The Bertz CT molecular complexity index is 1000. The number of aromatic nitrogens is 4. The maximum absolute atomic E-state index is 14.1. The molecule has 0 spiro atoms. The van der Waals surface area contributed by atoms with Gasteiger partial charge in [0.05, 0.1) is 6.42 Å². The summed E-state index contributed by atoms with van der Waals surface area (Å²) in [5.41, 5.74) is 2.44. The standard InChI is InChI=1S/C18H17FN6O2/c1-11(26)20-16-5-3-4-13(10-16)14-6-12(7-15(19)9-14)8-17(27)21-18-22-23-24-25(18)2/h3-7,9-10H,8H2,1-2H3,(H,20,26)(H,21,22,24,27). The van der Waals surface area contributed by atoms with E-state index in [2.05, 4.69) is 26.2 Å². The summed E-state index contributed by atoms with van der Waals surface area (Å²) in [6, 6.07) is 11.5. The van der Waals surface area contributed by atoms with Gasteiger partial charge in [0.2, 0.25) is 17.8 Å². The lowest BCUT2D eigenvalue weighted by Gasteiger charge is -2.09. The predicted octanol–water partition coefficient (Wildman–Crippen LogP) is 2.16. The van der Waals surface area contributed by atoms with Gasteiger partial charge in [-0.15, -0.1) is 0 Å². The highest BCUT2D eigenvalue weighted by atomic mass is 19.1. The van der Waals surface area contributed by atoms with E-state index in [4.69, 9.17) is 0 Å². The van der Waals surface area contributed by atoms with Crippen LogP contribution in [0.1, 0.15) is 12.5 Å². The number of aryl methyl sites for hydroxylation is 1. The molecule has 0 radical (unpaired) electrons. The molecule has 1 aromatic heterocycles. The summed E-state index contributed by atoms with van der Waals surface area (Å²) >= 11 is 0. The summed E-state index contributed by atoms with van der Waals surface area (Å²) in [5, 5.41) is 16.0. The minimum absolute atomic E-state index is 0.0387. The van der Waals surface area contributed by atoms with Gasteiger partial charge in [0.1, 0.15) is 5.82 Å². The molecule has 0 aliphatic heterocycles. The van der Waals surface area contributed by atoms with Crippen molar-refractivity contribution in [2.24, 2.45) is 7.05 Å². The summed E-state index contributed by atoms with van der Waals surface area (Å²) in [7, 11) is 1.60. The van der Waals surface area contributed by atoms with Crippen LogP contribution in [-0.4, -0.2) is 32.0 Å². The Labute approximate surface area is 154 Å². The van der Waals surface area contributed by atoms with Gasteiger partial charge in [-0.05, 0) is 51.4 Å². The molecule has 8 nitrogen and oxygen atoms in total. The molecular formula is C18H17FN6O2. The van der Waals surface area contributed by atoms with Crippen LogP contribution in [0.3, 0.4) is 0 Å². The van der Waals surface area contributed by atoms with Crippen molar-refractivity contribution in [2.75, 3.05) is 10.6 Å². The number of anilines is 2. The lowest BCUT2D eigenvalue weighted by atomic mass is 10.0. The fraction of sp³-hybridized carbons (Fsp3) is 0.167. The molecule has 2 N–H and O–H groups in total. The Hall–Kier alpha value is -3.62. The third-order valence-corrected chi connectivity index (χ3v) is 3.71. The molecule has 3 rings (SSSR count). The molecule has 0 saturated heterocycles. The highest BCUT2D eigenvalue weighted by molar-refractivity contribution is 5.91. The number of nitrogens with zero attached hydrogens (tertiary/aromatic N) is 4. The van der Waals surface area contributed by atoms with Crippen LogP contribution in [0.25, 0.3) is 11.1 Å². The van der Waals surface area contributed by atoms with E-state index in [1.807, 2.05) is 0 Å². The normalized spacial score (nSPS) is 10.5. The highest BCUT2D eigenvalue weighted by Crippen LogP contribution is 2.25. The predicted molar refractivity (Wildman–Crippen MR) is 97.3 cm³/mol. The van der Waals surface area contributed by atoms with Gasteiger partial charge in [0, 0.05) is 19.7 Å². The van der Waals surface area contributed by atoms with Crippen LogP contribution >= 0.6 is 0 Å². The summed E-state index contributed by atoms with van der Waals surface area (Å²) in [6.07, 6.45) is -0.0387. The maximum Gasteiger partial charge on any atom is 0.249 e. The molecule has 0 fully saturated rings. The largest absolute Gasteiger partial charge is 0.326 e. The number of benzene rings is 2. The molecule has 0 atom stereocenters.